The summed E-state index contributed by atoms with van der Waals surface area (Å²) in [4.78, 5) is 6.30. The molecule has 0 saturated carbocycles. The number of aromatic nitrogens is 6. The minimum atomic E-state index is -0.580. The highest BCUT2D eigenvalue weighted by Gasteiger charge is 2.24. The van der Waals surface area contributed by atoms with E-state index in [0.717, 1.165) is 91.9 Å². The molecule has 6 rings (SSSR count). The van der Waals surface area contributed by atoms with Crippen LogP contribution in [0.4, 0.5) is 17.5 Å². The van der Waals surface area contributed by atoms with E-state index in [2.05, 4.69) is 119 Å². The first-order valence-electron chi connectivity index (χ1n) is 21.5. The van der Waals surface area contributed by atoms with E-state index < -0.39 is 18.3 Å². The molecule has 0 bridgehead atoms. The van der Waals surface area contributed by atoms with Gasteiger partial charge in [0.1, 0.15) is 38.1 Å². The number of aliphatic hydroxyl groups is 3. The van der Waals surface area contributed by atoms with Crippen LogP contribution in [0.1, 0.15) is 62.3 Å². The van der Waals surface area contributed by atoms with Crippen LogP contribution in [0.25, 0.3) is 0 Å². The minimum absolute atomic E-state index is 0.0257. The van der Waals surface area contributed by atoms with Gasteiger partial charge in [-0.1, -0.05) is 0 Å². The third-order valence-electron chi connectivity index (χ3n) is 9.10. The molecule has 6 N–H and O–H groups in total. The summed E-state index contributed by atoms with van der Waals surface area (Å²) >= 11 is 3.37. The maximum absolute atomic E-state index is 9.95. The number of hydrogen-bond acceptors (Lipinski definition) is 24. The van der Waals surface area contributed by atoms with Crippen LogP contribution in [0.15, 0.2) is 0 Å². The smallest absolute Gasteiger partial charge is 0.270 e. The summed E-state index contributed by atoms with van der Waals surface area (Å²) in [7, 11) is 0. The SMILES string of the molecule is CC(C)(C)NC[C@H](O)COc1nsnc1N1CCOCC1.CC(C)(C)NC[C@H](O)COc1nsnc1N1CCOCC1.CC(C)(C)NC[C@H](O)COc1nsnc1N1CCOCC1. The zero-order valence-corrected chi connectivity index (χ0v) is 41.0. The van der Waals surface area contributed by atoms with Crippen LogP contribution >= 0.6 is 35.2 Å². The fourth-order valence-corrected chi connectivity index (χ4v) is 7.24. The summed E-state index contributed by atoms with van der Waals surface area (Å²) in [6.07, 6.45) is -1.74. The van der Waals surface area contributed by atoms with Gasteiger partial charge in [-0.15, -0.1) is 13.1 Å². The third-order valence-corrected chi connectivity index (χ3v) is 10.6. The summed E-state index contributed by atoms with van der Waals surface area (Å²) in [6, 6.07) is 0. The van der Waals surface area contributed by atoms with E-state index in [9.17, 15) is 15.3 Å². The van der Waals surface area contributed by atoms with Gasteiger partial charge in [0.05, 0.1) is 74.8 Å². The quantitative estimate of drug-likeness (QED) is 0.106. The van der Waals surface area contributed by atoms with Gasteiger partial charge in [0.15, 0.2) is 0 Å². The Kier molecular flexibility index (Phi) is 22.0. The molecule has 0 radical (unpaired) electrons. The summed E-state index contributed by atoms with van der Waals surface area (Å²) in [5.41, 5.74) is -0.0770. The van der Waals surface area contributed by atoms with Crippen molar-refractivity contribution in [2.45, 2.75) is 97.2 Å². The highest BCUT2D eigenvalue weighted by atomic mass is 32.1. The molecule has 3 aliphatic heterocycles. The van der Waals surface area contributed by atoms with E-state index in [1.54, 1.807) is 0 Å². The fourth-order valence-electron chi connectivity index (χ4n) is 5.68. The van der Waals surface area contributed by atoms with E-state index >= 15 is 0 Å². The van der Waals surface area contributed by atoms with E-state index in [4.69, 9.17) is 28.4 Å². The molecule has 0 amide bonds. The average molecular weight is 949 g/mol. The Labute approximate surface area is 385 Å². The van der Waals surface area contributed by atoms with Gasteiger partial charge in [0.25, 0.3) is 17.6 Å². The number of aliphatic hydroxyl groups excluding tert-OH is 3. The first-order valence-corrected chi connectivity index (χ1v) is 23.7. The van der Waals surface area contributed by atoms with Gasteiger partial charge < -0.3 is 74.4 Å². The summed E-state index contributed by atoms with van der Waals surface area (Å²) in [6.45, 7) is 29.4. The monoisotopic (exact) mass is 948 g/mol. The van der Waals surface area contributed by atoms with Gasteiger partial charge in [-0.2, -0.15) is 13.1 Å². The second kappa shape index (κ2) is 26.3. The molecule has 3 aliphatic rings. The van der Waals surface area contributed by atoms with Crippen LogP contribution in [0, 0.1) is 0 Å². The lowest BCUT2D eigenvalue weighted by atomic mass is 10.1. The largest absolute Gasteiger partial charge is 0.472 e. The Bertz CT molecular complexity index is 1480. The van der Waals surface area contributed by atoms with Crippen molar-refractivity contribution in [3.8, 4) is 17.6 Å². The third kappa shape index (κ3) is 20.9. The lowest BCUT2D eigenvalue weighted by Gasteiger charge is -2.27. The van der Waals surface area contributed by atoms with Crippen LogP contribution in [0.2, 0.25) is 0 Å². The summed E-state index contributed by atoms with van der Waals surface area (Å²) in [5, 5.41) is 39.6. The molecule has 0 aliphatic carbocycles. The molecular formula is C39H72N12O9S3. The van der Waals surface area contributed by atoms with Gasteiger partial charge in [-0.3, -0.25) is 0 Å². The molecule has 24 heteroatoms. The Balaban J connectivity index is 0.000000207. The molecule has 360 valence electrons. The van der Waals surface area contributed by atoms with Gasteiger partial charge in [0.2, 0.25) is 17.5 Å². The van der Waals surface area contributed by atoms with Crippen molar-refractivity contribution in [1.82, 2.24) is 42.2 Å². The lowest BCUT2D eigenvalue weighted by Crippen LogP contribution is -2.42. The number of ether oxygens (including phenoxy) is 6. The summed E-state index contributed by atoms with van der Waals surface area (Å²) in [5.74, 6) is 3.74. The zero-order valence-electron chi connectivity index (χ0n) is 38.5. The van der Waals surface area contributed by atoms with Crippen molar-refractivity contribution >= 4 is 52.6 Å². The average Bonchev–Trinajstić information content (AvgIpc) is 4.05. The van der Waals surface area contributed by atoms with E-state index in [1.807, 2.05) is 0 Å². The van der Waals surface area contributed by atoms with Crippen LogP contribution in [0.3, 0.4) is 0 Å². The van der Waals surface area contributed by atoms with Crippen LogP contribution in [0.5, 0.6) is 17.6 Å². The van der Waals surface area contributed by atoms with Gasteiger partial charge in [0, 0.05) is 75.5 Å². The molecule has 63 heavy (non-hydrogen) atoms. The van der Waals surface area contributed by atoms with Crippen molar-refractivity contribution in [3.63, 3.8) is 0 Å². The number of hydrogen-bond donors (Lipinski definition) is 6. The molecule has 0 spiro atoms. The molecule has 3 fully saturated rings. The first kappa shape index (κ1) is 52.7. The predicted molar refractivity (Wildman–Crippen MR) is 247 cm³/mol. The number of morpholine rings is 3. The van der Waals surface area contributed by atoms with Crippen molar-refractivity contribution < 1.29 is 43.7 Å². The van der Waals surface area contributed by atoms with Crippen molar-refractivity contribution in [3.05, 3.63) is 0 Å². The van der Waals surface area contributed by atoms with Gasteiger partial charge in [-0.05, 0) is 62.3 Å². The predicted octanol–water partition coefficient (Wildman–Crippen LogP) is 1.51. The second-order valence-electron chi connectivity index (χ2n) is 18.3. The van der Waals surface area contributed by atoms with Crippen LogP contribution in [-0.2, 0) is 14.2 Å². The molecule has 3 atom stereocenters. The van der Waals surface area contributed by atoms with E-state index in [1.165, 1.54) is 0 Å². The normalized spacial score (nSPS) is 17.8. The number of anilines is 3. The standard InChI is InChI=1S/3C13H24N4O3S/c3*1-13(2,3)14-8-10(18)9-20-12-11(15-21-16-12)17-4-6-19-7-5-17/h3*10,14,18H,4-9H2,1-3H3/t3*10-/m000/s1. The molecule has 3 saturated heterocycles. The van der Waals surface area contributed by atoms with Crippen LogP contribution in [-0.4, -0.2) is 195 Å². The van der Waals surface area contributed by atoms with Crippen LogP contribution < -0.4 is 44.9 Å². The maximum atomic E-state index is 9.95. The second-order valence-corrected chi connectivity index (χ2v) is 19.8. The molecule has 21 nitrogen and oxygen atoms in total. The molecular weight excluding hydrogens is 877 g/mol. The Morgan fingerprint density at radius 3 is 0.921 bits per heavy atom. The van der Waals surface area contributed by atoms with Crippen molar-refractivity contribution in [1.29, 1.82) is 0 Å². The van der Waals surface area contributed by atoms with E-state index in [0.29, 0.717) is 76.9 Å². The Morgan fingerprint density at radius 1 is 0.460 bits per heavy atom. The molecule has 3 aromatic heterocycles. The van der Waals surface area contributed by atoms with Crippen molar-refractivity contribution in [2.75, 3.05) is 133 Å². The number of rotatable bonds is 18. The Hall–Kier alpha value is -2.88. The molecule has 6 heterocycles. The highest BCUT2D eigenvalue weighted by molar-refractivity contribution is 7.00. The number of nitrogens with one attached hydrogen (secondary N) is 3. The highest BCUT2D eigenvalue weighted by Crippen LogP contribution is 2.28. The minimum Gasteiger partial charge on any atom is -0.472 e. The lowest BCUT2D eigenvalue weighted by molar-refractivity contribution is 0.0974. The van der Waals surface area contributed by atoms with E-state index in [-0.39, 0.29) is 36.4 Å². The molecule has 0 unspecified atom stereocenters. The Morgan fingerprint density at radius 2 is 0.698 bits per heavy atom. The molecule has 0 aromatic carbocycles. The molecule has 3 aromatic rings. The fraction of sp³-hybridized carbons (Fsp3) is 0.846. The maximum Gasteiger partial charge on any atom is 0.270 e. The first-order chi connectivity index (χ1) is 29.9. The topological polar surface area (TPSA) is 239 Å². The van der Waals surface area contributed by atoms with Gasteiger partial charge >= 0.3 is 0 Å². The zero-order chi connectivity index (χ0) is 45.9. The van der Waals surface area contributed by atoms with Crippen molar-refractivity contribution in [2.24, 2.45) is 0 Å². The summed E-state index contributed by atoms with van der Waals surface area (Å²) < 4.78 is 58.2. The van der Waals surface area contributed by atoms with Gasteiger partial charge in [-0.25, -0.2) is 0 Å². The number of nitrogens with zero attached hydrogens (tertiary/aromatic N) is 9. The number of β-amino-alcohol motifs (C(OH)–C–C–N with tert-alkyl or cyclic N) is 3.